The Morgan fingerprint density at radius 2 is 1.81 bits per heavy atom. The molecule has 0 aliphatic carbocycles. The lowest BCUT2D eigenvalue weighted by molar-refractivity contribution is -0.125. The Morgan fingerprint density at radius 1 is 1.08 bits per heavy atom. The second kappa shape index (κ2) is 8.46. The molecule has 7 nitrogen and oxygen atoms in total. The average Bonchev–Trinajstić information content (AvgIpc) is 3.17. The second-order valence-electron chi connectivity index (χ2n) is 5.92. The van der Waals surface area contributed by atoms with Gasteiger partial charge in [-0.3, -0.25) is 25.9 Å². The molecule has 1 heterocycles. The molecule has 2 unspecified atom stereocenters. The third kappa shape index (κ3) is 4.19. The number of amides is 2. The van der Waals surface area contributed by atoms with E-state index >= 15 is 0 Å². The number of hydrogen-bond donors (Lipinski definition) is 4. The summed E-state index contributed by atoms with van der Waals surface area (Å²) in [4.78, 5) is 24.7. The zero-order valence-electron chi connectivity index (χ0n) is 14.5. The zero-order chi connectivity index (χ0) is 18.4. The molecule has 2 amide bonds. The molecule has 0 aromatic heterocycles. The average molecular weight is 354 g/mol. The van der Waals surface area contributed by atoms with Crippen LogP contribution in [0.25, 0.3) is 0 Å². The van der Waals surface area contributed by atoms with Gasteiger partial charge in [0.2, 0.25) is 5.91 Å². The largest absolute Gasteiger partial charge is 0.494 e. The zero-order valence-corrected chi connectivity index (χ0v) is 14.5. The summed E-state index contributed by atoms with van der Waals surface area (Å²) < 4.78 is 5.34. The molecule has 0 saturated carbocycles. The molecule has 136 valence electrons. The van der Waals surface area contributed by atoms with Crippen molar-refractivity contribution in [2.75, 3.05) is 13.2 Å². The Bertz CT molecular complexity index is 749. The molecule has 1 aliphatic rings. The minimum Gasteiger partial charge on any atom is -0.494 e. The van der Waals surface area contributed by atoms with Gasteiger partial charge in [0.15, 0.2) is 0 Å². The van der Waals surface area contributed by atoms with Crippen LogP contribution in [0, 0.1) is 5.92 Å². The van der Waals surface area contributed by atoms with Gasteiger partial charge in [-0.15, -0.1) is 0 Å². The number of hydrogen-bond acceptors (Lipinski definition) is 5. The van der Waals surface area contributed by atoms with E-state index < -0.39 is 0 Å². The number of carbonyl (C=O) groups excluding carboxylic acids is 2. The highest BCUT2D eigenvalue weighted by atomic mass is 16.5. The maximum absolute atomic E-state index is 12.5. The molecule has 1 aliphatic heterocycles. The first-order valence-electron chi connectivity index (χ1n) is 8.55. The van der Waals surface area contributed by atoms with Gasteiger partial charge in [0.05, 0.1) is 18.6 Å². The molecule has 0 radical (unpaired) electrons. The van der Waals surface area contributed by atoms with Crippen LogP contribution >= 0.6 is 0 Å². The number of benzene rings is 2. The van der Waals surface area contributed by atoms with Crippen LogP contribution in [0.4, 0.5) is 0 Å². The highest BCUT2D eigenvalue weighted by Gasteiger charge is 2.34. The molecule has 1 saturated heterocycles. The highest BCUT2D eigenvalue weighted by molar-refractivity contribution is 5.95. The summed E-state index contributed by atoms with van der Waals surface area (Å²) in [5.74, 6) is -0.271. The molecule has 26 heavy (non-hydrogen) atoms. The van der Waals surface area contributed by atoms with Crippen LogP contribution in [-0.4, -0.2) is 25.0 Å². The van der Waals surface area contributed by atoms with Gasteiger partial charge >= 0.3 is 0 Å². The third-order valence-electron chi connectivity index (χ3n) is 4.20. The van der Waals surface area contributed by atoms with Crippen molar-refractivity contribution in [1.82, 2.24) is 21.7 Å². The molecular formula is C19H22N4O3. The van der Waals surface area contributed by atoms with E-state index in [1.165, 1.54) is 0 Å². The summed E-state index contributed by atoms with van der Waals surface area (Å²) in [7, 11) is 0. The van der Waals surface area contributed by atoms with Crippen molar-refractivity contribution in [1.29, 1.82) is 0 Å². The lowest BCUT2D eigenvalue weighted by Gasteiger charge is -2.18. The minimum absolute atomic E-state index is 0.154. The van der Waals surface area contributed by atoms with Crippen LogP contribution in [0.2, 0.25) is 0 Å². The maximum Gasteiger partial charge on any atom is 0.269 e. The van der Waals surface area contributed by atoms with Gasteiger partial charge in [-0.1, -0.05) is 30.3 Å². The van der Waals surface area contributed by atoms with Crippen LogP contribution in [0.3, 0.4) is 0 Å². The van der Waals surface area contributed by atoms with Gasteiger partial charge in [0.1, 0.15) is 5.75 Å². The number of ether oxygens (including phenoxy) is 1. The van der Waals surface area contributed by atoms with Gasteiger partial charge in [-0.05, 0) is 36.8 Å². The van der Waals surface area contributed by atoms with Crippen molar-refractivity contribution < 1.29 is 14.3 Å². The number of rotatable bonds is 5. The van der Waals surface area contributed by atoms with Crippen molar-refractivity contribution in [3.8, 4) is 5.75 Å². The topological polar surface area (TPSA) is 91.5 Å². The lowest BCUT2D eigenvalue weighted by atomic mass is 9.94. The quantitative estimate of drug-likeness (QED) is 0.608. The van der Waals surface area contributed by atoms with E-state index in [2.05, 4.69) is 21.7 Å². The Labute approximate surface area is 152 Å². The number of carbonyl (C=O) groups is 2. The van der Waals surface area contributed by atoms with Gasteiger partial charge in [0, 0.05) is 12.1 Å². The summed E-state index contributed by atoms with van der Waals surface area (Å²) >= 11 is 0. The van der Waals surface area contributed by atoms with Crippen molar-refractivity contribution in [3.63, 3.8) is 0 Å². The Hall–Kier alpha value is -2.90. The van der Waals surface area contributed by atoms with E-state index in [0.717, 1.165) is 5.56 Å². The third-order valence-corrected chi connectivity index (χ3v) is 4.20. The Balaban J connectivity index is 1.57. The van der Waals surface area contributed by atoms with E-state index in [9.17, 15) is 9.59 Å². The van der Waals surface area contributed by atoms with E-state index in [1.807, 2.05) is 37.3 Å². The van der Waals surface area contributed by atoms with Crippen LogP contribution in [0.1, 0.15) is 28.9 Å². The fourth-order valence-corrected chi connectivity index (χ4v) is 2.87. The molecule has 0 bridgehead atoms. The second-order valence-corrected chi connectivity index (χ2v) is 5.92. The molecule has 7 heteroatoms. The van der Waals surface area contributed by atoms with Crippen molar-refractivity contribution in [2.45, 2.75) is 13.0 Å². The Morgan fingerprint density at radius 3 is 2.50 bits per heavy atom. The van der Waals surface area contributed by atoms with Crippen molar-refractivity contribution in [3.05, 3.63) is 65.7 Å². The van der Waals surface area contributed by atoms with Gasteiger partial charge in [-0.2, -0.15) is 0 Å². The SMILES string of the molecule is CCOc1ccc(C(=O)NNC(=O)C2CNNC2c2ccccc2)cc1. The first kappa shape index (κ1) is 17.9. The smallest absolute Gasteiger partial charge is 0.269 e. The summed E-state index contributed by atoms with van der Waals surface area (Å²) in [5, 5.41) is 0. The predicted molar refractivity (Wildman–Crippen MR) is 97.0 cm³/mol. The van der Waals surface area contributed by atoms with Crippen LogP contribution < -0.4 is 26.4 Å². The summed E-state index contributed by atoms with van der Waals surface area (Å²) in [6, 6.07) is 16.3. The molecule has 2 atom stereocenters. The fraction of sp³-hybridized carbons (Fsp3) is 0.263. The van der Waals surface area contributed by atoms with Gasteiger partial charge in [-0.25, -0.2) is 5.43 Å². The molecule has 1 fully saturated rings. The summed E-state index contributed by atoms with van der Waals surface area (Å²) in [5.41, 5.74) is 12.5. The van der Waals surface area contributed by atoms with Gasteiger partial charge < -0.3 is 4.74 Å². The summed E-state index contributed by atoms with van der Waals surface area (Å²) in [6.45, 7) is 2.93. The van der Waals surface area contributed by atoms with Crippen molar-refractivity contribution in [2.24, 2.45) is 5.92 Å². The predicted octanol–water partition coefficient (Wildman–Crippen LogP) is 1.31. The molecule has 3 rings (SSSR count). The lowest BCUT2D eigenvalue weighted by Crippen LogP contribution is -2.46. The normalized spacial score (nSPS) is 19.0. The highest BCUT2D eigenvalue weighted by Crippen LogP contribution is 2.24. The van der Waals surface area contributed by atoms with E-state index in [1.54, 1.807) is 24.3 Å². The molecule has 2 aromatic rings. The van der Waals surface area contributed by atoms with Crippen LogP contribution in [0.15, 0.2) is 54.6 Å². The summed E-state index contributed by atoms with van der Waals surface area (Å²) in [6.07, 6.45) is 0. The maximum atomic E-state index is 12.5. The van der Waals surface area contributed by atoms with Crippen LogP contribution in [0.5, 0.6) is 5.75 Å². The molecule has 2 aromatic carbocycles. The number of hydrazine groups is 2. The Kier molecular flexibility index (Phi) is 5.83. The fourth-order valence-electron chi connectivity index (χ4n) is 2.87. The van der Waals surface area contributed by atoms with E-state index in [0.29, 0.717) is 24.5 Å². The first-order chi connectivity index (χ1) is 12.7. The molecule has 0 spiro atoms. The standard InChI is InChI=1S/C19H22N4O3/c1-2-26-15-10-8-14(9-11-15)18(24)22-23-19(25)16-12-20-21-17(16)13-6-4-3-5-7-13/h3-11,16-17,20-21H,2,12H2,1H3,(H,22,24)(H,23,25). The molecule has 4 N–H and O–H groups in total. The number of nitrogens with one attached hydrogen (secondary N) is 4. The van der Waals surface area contributed by atoms with Gasteiger partial charge in [0.25, 0.3) is 5.91 Å². The minimum atomic E-state index is -0.378. The monoisotopic (exact) mass is 354 g/mol. The van der Waals surface area contributed by atoms with Crippen LogP contribution in [-0.2, 0) is 4.79 Å². The van der Waals surface area contributed by atoms with E-state index in [4.69, 9.17) is 4.74 Å². The van der Waals surface area contributed by atoms with Crippen molar-refractivity contribution >= 4 is 11.8 Å². The first-order valence-corrected chi connectivity index (χ1v) is 8.55. The van der Waals surface area contributed by atoms with E-state index in [-0.39, 0.29) is 23.8 Å². The molecular weight excluding hydrogens is 332 g/mol.